The quantitative estimate of drug-likeness (QED) is 0.614. The maximum atomic E-state index is 11.3. The van der Waals surface area contributed by atoms with Crippen molar-refractivity contribution in [3.63, 3.8) is 0 Å². The van der Waals surface area contributed by atoms with Gasteiger partial charge < -0.3 is 0 Å². The molecular formula is C12H10O2Se. The molecule has 0 saturated heterocycles. The fourth-order valence-corrected chi connectivity index (χ4v) is 3.26. The predicted octanol–water partition coefficient (Wildman–Crippen LogP) is 2.20. The molecule has 1 heterocycles. The Kier molecular flexibility index (Phi) is 3.05. The summed E-state index contributed by atoms with van der Waals surface area (Å²) in [5.41, 5.74) is 1.19. The van der Waals surface area contributed by atoms with Crippen LogP contribution in [-0.4, -0.2) is 27.6 Å². The van der Waals surface area contributed by atoms with Gasteiger partial charge in [0, 0.05) is 0 Å². The van der Waals surface area contributed by atoms with Crippen molar-refractivity contribution < 1.29 is 9.53 Å². The van der Waals surface area contributed by atoms with Crippen LogP contribution in [0.1, 0.15) is 9.23 Å². The molecule has 0 saturated carbocycles. The first-order valence-electron chi connectivity index (χ1n) is 4.55. The van der Waals surface area contributed by atoms with Gasteiger partial charge >= 0.3 is 94.0 Å². The Morgan fingerprint density at radius 3 is 2.53 bits per heavy atom. The summed E-state index contributed by atoms with van der Waals surface area (Å²) in [6, 6.07) is 14.0. The van der Waals surface area contributed by atoms with Crippen LogP contribution in [0.2, 0.25) is 0 Å². The van der Waals surface area contributed by atoms with Crippen LogP contribution >= 0.6 is 0 Å². The van der Waals surface area contributed by atoms with Gasteiger partial charge in [-0.2, -0.15) is 0 Å². The average molecular weight is 265 g/mol. The summed E-state index contributed by atoms with van der Waals surface area (Å²) in [5.74, 6) is -0.211. The number of rotatable bonds is 2. The average Bonchev–Trinajstić information content (AvgIpc) is 2.78. The van der Waals surface area contributed by atoms with Gasteiger partial charge in [0.15, 0.2) is 0 Å². The Bertz CT molecular complexity index is 459. The van der Waals surface area contributed by atoms with Crippen LogP contribution in [-0.2, 0) is 4.74 Å². The summed E-state index contributed by atoms with van der Waals surface area (Å²) < 4.78 is 6.70. The Morgan fingerprint density at radius 2 is 1.87 bits per heavy atom. The Labute approximate surface area is 94.3 Å². The van der Waals surface area contributed by atoms with E-state index in [9.17, 15) is 4.79 Å². The summed E-state index contributed by atoms with van der Waals surface area (Å²) >= 11 is 0.0778. The van der Waals surface area contributed by atoms with E-state index in [1.807, 2.05) is 30.3 Å². The monoisotopic (exact) mass is 266 g/mol. The van der Waals surface area contributed by atoms with Crippen molar-refractivity contribution in [2.45, 2.75) is 0 Å². The third kappa shape index (κ3) is 2.20. The summed E-state index contributed by atoms with van der Waals surface area (Å²) in [7, 11) is 1.42. The van der Waals surface area contributed by atoms with E-state index in [1.54, 1.807) is 0 Å². The molecule has 0 fully saturated rings. The second-order valence-electron chi connectivity index (χ2n) is 3.02. The van der Waals surface area contributed by atoms with Crippen molar-refractivity contribution in [3.8, 4) is 10.0 Å². The number of benzene rings is 1. The van der Waals surface area contributed by atoms with Crippen LogP contribution in [0.15, 0.2) is 42.5 Å². The second kappa shape index (κ2) is 4.47. The van der Waals surface area contributed by atoms with Crippen molar-refractivity contribution >= 4 is 20.5 Å². The third-order valence-electron chi connectivity index (χ3n) is 2.05. The molecule has 0 aliphatic carbocycles. The van der Waals surface area contributed by atoms with E-state index in [-0.39, 0.29) is 20.5 Å². The Hall–Kier alpha value is -1.31. The molecule has 0 aliphatic rings. The summed E-state index contributed by atoms with van der Waals surface area (Å²) in [6.07, 6.45) is 0. The van der Waals surface area contributed by atoms with Gasteiger partial charge in [0.2, 0.25) is 0 Å². The molecule has 2 aromatic rings. The number of hydrogen-bond donors (Lipinski definition) is 0. The van der Waals surface area contributed by atoms with Crippen molar-refractivity contribution in [3.05, 3.63) is 46.9 Å². The van der Waals surface area contributed by atoms with Gasteiger partial charge in [0.25, 0.3) is 0 Å². The van der Waals surface area contributed by atoms with E-state index in [4.69, 9.17) is 4.74 Å². The van der Waals surface area contributed by atoms with E-state index in [2.05, 4.69) is 12.1 Å². The van der Waals surface area contributed by atoms with Crippen LogP contribution in [0.3, 0.4) is 0 Å². The molecule has 15 heavy (non-hydrogen) atoms. The Balaban J connectivity index is 2.32. The van der Waals surface area contributed by atoms with Gasteiger partial charge in [0.05, 0.1) is 0 Å². The van der Waals surface area contributed by atoms with E-state index >= 15 is 0 Å². The molecule has 1 aromatic heterocycles. The molecular weight excluding hydrogens is 255 g/mol. The molecule has 0 unspecified atom stereocenters. The number of hydrogen-bond acceptors (Lipinski definition) is 2. The van der Waals surface area contributed by atoms with Crippen LogP contribution in [0.4, 0.5) is 0 Å². The molecule has 0 amide bonds. The molecule has 1 aromatic carbocycles. The van der Waals surface area contributed by atoms with E-state index < -0.39 is 0 Å². The van der Waals surface area contributed by atoms with Crippen LogP contribution in [0.25, 0.3) is 10.0 Å². The van der Waals surface area contributed by atoms with Gasteiger partial charge in [0.1, 0.15) is 0 Å². The number of carbonyl (C=O) groups excluding carboxylic acids is 1. The fourth-order valence-electron chi connectivity index (χ4n) is 1.31. The molecule has 0 atom stereocenters. The molecule has 3 heteroatoms. The SMILES string of the molecule is COC(=O)c1ccc(-c2ccccc2)[se]1. The number of esters is 1. The van der Waals surface area contributed by atoms with Gasteiger partial charge in [-0.25, -0.2) is 0 Å². The normalized spacial score (nSPS) is 9.93. The first kappa shape index (κ1) is 10.2. The van der Waals surface area contributed by atoms with Gasteiger partial charge in [-0.1, -0.05) is 0 Å². The van der Waals surface area contributed by atoms with Crippen molar-refractivity contribution in [2.24, 2.45) is 0 Å². The van der Waals surface area contributed by atoms with E-state index in [1.165, 1.54) is 17.1 Å². The van der Waals surface area contributed by atoms with E-state index in [0.717, 1.165) is 4.44 Å². The molecule has 0 bridgehead atoms. The van der Waals surface area contributed by atoms with Crippen molar-refractivity contribution in [1.82, 2.24) is 0 Å². The number of carbonyl (C=O) groups is 1. The van der Waals surface area contributed by atoms with Crippen LogP contribution in [0, 0.1) is 0 Å². The minimum absolute atomic E-state index is 0.0778. The molecule has 0 aliphatic heterocycles. The predicted molar refractivity (Wildman–Crippen MR) is 60.2 cm³/mol. The molecule has 76 valence electrons. The number of methoxy groups -OCH3 is 1. The van der Waals surface area contributed by atoms with Gasteiger partial charge in [-0.05, 0) is 0 Å². The number of ether oxygens (including phenoxy) is 1. The maximum absolute atomic E-state index is 11.3. The van der Waals surface area contributed by atoms with Gasteiger partial charge in [-0.3, -0.25) is 0 Å². The molecule has 0 spiro atoms. The third-order valence-corrected chi connectivity index (χ3v) is 4.39. The molecule has 0 N–H and O–H groups in total. The second-order valence-corrected chi connectivity index (χ2v) is 5.30. The Morgan fingerprint density at radius 1 is 1.13 bits per heavy atom. The standard InChI is InChI=1S/C12H10O2Se/c1-14-12(13)11-8-7-10(15-11)9-5-3-2-4-6-9/h2-8H,1H3. The minimum atomic E-state index is -0.211. The van der Waals surface area contributed by atoms with E-state index in [0.29, 0.717) is 0 Å². The first-order valence-corrected chi connectivity index (χ1v) is 6.26. The zero-order valence-electron chi connectivity index (χ0n) is 8.27. The molecule has 0 radical (unpaired) electrons. The zero-order valence-corrected chi connectivity index (χ0v) is 9.98. The van der Waals surface area contributed by atoms with Crippen molar-refractivity contribution in [2.75, 3.05) is 7.11 Å². The molecule has 2 rings (SSSR count). The summed E-state index contributed by atoms with van der Waals surface area (Å²) in [4.78, 5) is 11.3. The van der Waals surface area contributed by atoms with Crippen LogP contribution < -0.4 is 0 Å². The summed E-state index contributed by atoms with van der Waals surface area (Å²) in [5, 5.41) is 0. The van der Waals surface area contributed by atoms with Gasteiger partial charge in [-0.15, -0.1) is 0 Å². The molecule has 2 nitrogen and oxygen atoms in total. The fraction of sp³-hybridized carbons (Fsp3) is 0.0833. The zero-order chi connectivity index (χ0) is 10.7. The topological polar surface area (TPSA) is 26.3 Å². The first-order chi connectivity index (χ1) is 7.31. The van der Waals surface area contributed by atoms with Crippen LogP contribution in [0.5, 0.6) is 0 Å². The van der Waals surface area contributed by atoms with Crippen molar-refractivity contribution in [1.29, 1.82) is 0 Å². The summed E-state index contributed by atoms with van der Waals surface area (Å²) in [6.45, 7) is 0.